The number of aromatic amines is 1. The minimum Gasteiger partial charge on any atom is -0.314 e. The number of nitrogens with one attached hydrogen (secondary N) is 1. The van der Waals surface area contributed by atoms with Crippen LogP contribution in [0.2, 0.25) is 0 Å². The van der Waals surface area contributed by atoms with Crippen molar-refractivity contribution in [3.63, 3.8) is 0 Å². The first-order valence-electron chi connectivity index (χ1n) is 3.66. The van der Waals surface area contributed by atoms with E-state index in [9.17, 15) is 14.1 Å². The van der Waals surface area contributed by atoms with E-state index in [4.69, 9.17) is 0 Å². The number of carbonyl (C=O) groups excluding carboxylic acids is 1. The van der Waals surface area contributed by atoms with Crippen molar-refractivity contribution in [3.05, 3.63) is 33.4 Å². The van der Waals surface area contributed by atoms with Crippen LogP contribution in [-0.4, -0.2) is 11.0 Å². The van der Waals surface area contributed by atoms with Crippen LogP contribution in [0.5, 0.6) is 0 Å². The van der Waals surface area contributed by atoms with Crippen LogP contribution >= 0.6 is 11.3 Å². The van der Waals surface area contributed by atoms with Gasteiger partial charge in [0.25, 0.3) is 0 Å². The van der Waals surface area contributed by atoms with Gasteiger partial charge in [0, 0.05) is 16.0 Å². The van der Waals surface area contributed by atoms with Gasteiger partial charge in [0.15, 0.2) is 0 Å². The van der Waals surface area contributed by atoms with Crippen molar-refractivity contribution in [2.24, 2.45) is 0 Å². The number of fused-ring (bicyclic) bond motifs is 1. The summed E-state index contributed by atoms with van der Waals surface area (Å²) in [5.74, 6) is -1.05. The van der Waals surface area contributed by atoms with E-state index in [1.54, 1.807) is 6.07 Å². The number of aromatic nitrogens is 1. The molecule has 72 valence electrons. The minimum atomic E-state index is -1.05. The number of carbonyl (C=O) groups is 1. The van der Waals surface area contributed by atoms with Gasteiger partial charge in [0.05, 0.1) is 0 Å². The molecule has 0 saturated carbocycles. The Morgan fingerprint density at radius 3 is 3.00 bits per heavy atom. The minimum absolute atomic E-state index is 0.115. The van der Waals surface area contributed by atoms with E-state index in [-0.39, 0.29) is 10.4 Å². The smallest absolute Gasteiger partial charge is 0.314 e. The quantitative estimate of drug-likeness (QED) is 0.783. The largest absolute Gasteiger partial charge is 0.389 e. The van der Waals surface area contributed by atoms with Gasteiger partial charge in [0.2, 0.25) is 5.56 Å². The molecule has 0 amide bonds. The molecule has 0 aromatic carbocycles. The summed E-state index contributed by atoms with van der Waals surface area (Å²) in [5, 5.41) is 0.676. The zero-order valence-electron chi connectivity index (χ0n) is 6.74. The highest BCUT2D eigenvalue weighted by Gasteiger charge is 2.12. The van der Waals surface area contributed by atoms with E-state index in [0.29, 0.717) is 10.2 Å². The molecule has 4 nitrogen and oxygen atoms in total. The number of hydrogen-bond donors (Lipinski definition) is 1. The average Bonchev–Trinajstić information content (AvgIpc) is 2.59. The normalized spacial score (nSPS) is 10.4. The highest BCUT2D eigenvalue weighted by molar-refractivity contribution is 7.20. The molecule has 0 aliphatic carbocycles. The molecule has 0 spiro atoms. The van der Waals surface area contributed by atoms with E-state index < -0.39 is 5.97 Å². The van der Waals surface area contributed by atoms with Crippen molar-refractivity contribution in [2.45, 2.75) is 0 Å². The van der Waals surface area contributed by atoms with E-state index >= 15 is 0 Å². The highest BCUT2D eigenvalue weighted by atomic mass is 32.1. The molecule has 0 aliphatic rings. The van der Waals surface area contributed by atoms with Gasteiger partial charge in [-0.05, 0) is 12.1 Å². The van der Waals surface area contributed by atoms with Gasteiger partial charge in [-0.3, -0.25) is 4.79 Å². The third-order valence-electron chi connectivity index (χ3n) is 1.68. The molecule has 0 saturated heterocycles. The van der Waals surface area contributed by atoms with E-state index in [1.807, 2.05) is 0 Å². The summed E-state index contributed by atoms with van der Waals surface area (Å²) in [5.41, 5.74) is -0.264. The summed E-state index contributed by atoms with van der Waals surface area (Å²) in [6.07, 6.45) is 0. The van der Waals surface area contributed by atoms with Gasteiger partial charge in [-0.2, -0.15) is 0 Å². The first-order chi connectivity index (χ1) is 6.70. The lowest BCUT2D eigenvalue weighted by atomic mass is 10.3. The standard InChI is InChI=1S/C8H4FNO3S/c9-13-8(12)5-3-4-1-2-6(11)10-7(4)14-5/h1-3H,(H,10,11). The Hall–Kier alpha value is -1.69. The average molecular weight is 213 g/mol. The monoisotopic (exact) mass is 213 g/mol. The van der Waals surface area contributed by atoms with Crippen LogP contribution in [0.15, 0.2) is 23.0 Å². The van der Waals surface area contributed by atoms with Crippen molar-refractivity contribution < 1.29 is 14.3 Å². The molecule has 2 aromatic rings. The first kappa shape index (κ1) is 8.89. The van der Waals surface area contributed by atoms with Gasteiger partial charge < -0.3 is 4.98 Å². The maximum atomic E-state index is 11.6. The summed E-state index contributed by atoms with van der Waals surface area (Å²) in [6, 6.07) is 4.34. The lowest BCUT2D eigenvalue weighted by Gasteiger charge is -1.84. The summed E-state index contributed by atoms with van der Waals surface area (Å²) in [4.78, 5) is 27.9. The molecule has 0 aliphatic heterocycles. The number of halogens is 1. The molecular formula is C8H4FNO3S. The lowest BCUT2D eigenvalue weighted by molar-refractivity contribution is -0.0783. The second-order valence-corrected chi connectivity index (χ2v) is 3.63. The third-order valence-corrected chi connectivity index (χ3v) is 2.73. The van der Waals surface area contributed by atoms with Crippen LogP contribution in [-0.2, 0) is 4.94 Å². The topological polar surface area (TPSA) is 59.2 Å². The van der Waals surface area contributed by atoms with Gasteiger partial charge >= 0.3 is 5.97 Å². The van der Waals surface area contributed by atoms with Crippen molar-refractivity contribution in [1.82, 2.24) is 4.98 Å². The molecule has 2 rings (SSSR count). The van der Waals surface area contributed by atoms with Crippen molar-refractivity contribution in [1.29, 1.82) is 0 Å². The first-order valence-corrected chi connectivity index (χ1v) is 4.48. The third kappa shape index (κ3) is 1.39. The molecule has 2 heterocycles. The molecule has 0 radical (unpaired) electrons. The fourth-order valence-electron chi connectivity index (χ4n) is 1.08. The Morgan fingerprint density at radius 1 is 1.50 bits per heavy atom. The summed E-state index contributed by atoms with van der Waals surface area (Å²) in [7, 11) is 0. The fraction of sp³-hybridized carbons (Fsp3) is 0. The van der Waals surface area contributed by atoms with Crippen molar-refractivity contribution in [2.75, 3.05) is 0 Å². The van der Waals surface area contributed by atoms with Gasteiger partial charge in [-0.1, -0.05) is 0 Å². The second-order valence-electron chi connectivity index (χ2n) is 2.58. The van der Waals surface area contributed by atoms with E-state index in [2.05, 4.69) is 9.93 Å². The zero-order chi connectivity index (χ0) is 10.1. The van der Waals surface area contributed by atoms with Crippen LogP contribution in [0.1, 0.15) is 9.67 Å². The zero-order valence-corrected chi connectivity index (χ0v) is 7.56. The fourth-order valence-corrected chi connectivity index (χ4v) is 2.00. The maximum absolute atomic E-state index is 11.6. The molecule has 0 atom stereocenters. The molecule has 6 heteroatoms. The van der Waals surface area contributed by atoms with Gasteiger partial charge in [0.1, 0.15) is 9.71 Å². The molecule has 14 heavy (non-hydrogen) atoms. The molecule has 0 unspecified atom stereocenters. The molecule has 2 aromatic heterocycles. The molecule has 1 N–H and O–H groups in total. The van der Waals surface area contributed by atoms with Crippen LogP contribution in [0.25, 0.3) is 10.2 Å². The number of rotatable bonds is 1. The number of H-pyrrole nitrogens is 1. The van der Waals surface area contributed by atoms with E-state index in [0.717, 1.165) is 11.3 Å². The number of thiophene rings is 1. The van der Waals surface area contributed by atoms with Gasteiger partial charge in [-0.25, -0.2) is 9.74 Å². The predicted molar refractivity (Wildman–Crippen MR) is 49.0 cm³/mol. The summed E-state index contributed by atoms with van der Waals surface area (Å²) >= 11 is 0.974. The summed E-state index contributed by atoms with van der Waals surface area (Å²) in [6.45, 7) is 0. The number of hydrogen-bond acceptors (Lipinski definition) is 4. The van der Waals surface area contributed by atoms with Crippen LogP contribution in [0.3, 0.4) is 0 Å². The van der Waals surface area contributed by atoms with Crippen LogP contribution in [0.4, 0.5) is 4.53 Å². The Labute approximate surface area is 80.8 Å². The van der Waals surface area contributed by atoms with E-state index in [1.165, 1.54) is 12.1 Å². The Morgan fingerprint density at radius 2 is 2.29 bits per heavy atom. The van der Waals surface area contributed by atoms with Crippen LogP contribution < -0.4 is 5.56 Å². The van der Waals surface area contributed by atoms with Crippen molar-refractivity contribution >= 4 is 27.5 Å². The van der Waals surface area contributed by atoms with Crippen molar-refractivity contribution in [3.8, 4) is 0 Å². The Bertz CT molecular complexity index is 545. The lowest BCUT2D eigenvalue weighted by Crippen LogP contribution is -2.00. The second kappa shape index (κ2) is 3.22. The highest BCUT2D eigenvalue weighted by Crippen LogP contribution is 2.22. The molecular weight excluding hydrogens is 209 g/mol. The van der Waals surface area contributed by atoms with Crippen LogP contribution in [0, 0.1) is 0 Å². The number of pyridine rings is 1. The molecule has 0 fully saturated rings. The Balaban J connectivity index is 2.62. The molecule has 0 bridgehead atoms. The maximum Gasteiger partial charge on any atom is 0.389 e. The summed E-state index contributed by atoms with van der Waals surface area (Å²) < 4.78 is 11.6. The SMILES string of the molecule is O=C(OF)c1cc2ccc(=O)[nH]c2s1. The van der Waals surface area contributed by atoms with Gasteiger partial charge in [-0.15, -0.1) is 11.3 Å². The predicted octanol–water partition coefficient (Wildman–Crippen LogP) is 1.63. The Kier molecular flexibility index (Phi) is 2.05.